The second-order valence-electron chi connectivity index (χ2n) is 6.78. The molecular formula is C19H21N5. The smallest absolute Gasteiger partial charge is 0.133 e. The van der Waals surface area contributed by atoms with Crippen molar-refractivity contribution in [1.82, 2.24) is 9.97 Å². The zero-order chi connectivity index (χ0) is 16.5. The maximum atomic E-state index is 9.35. The third-order valence-electron chi connectivity index (χ3n) is 4.77. The third-order valence-corrected chi connectivity index (χ3v) is 4.77. The van der Waals surface area contributed by atoms with Crippen LogP contribution in [-0.4, -0.2) is 29.1 Å². The van der Waals surface area contributed by atoms with Gasteiger partial charge in [0.2, 0.25) is 0 Å². The van der Waals surface area contributed by atoms with Crippen molar-refractivity contribution >= 4 is 11.5 Å². The average molecular weight is 319 g/mol. The molecular weight excluding hydrogens is 298 g/mol. The lowest BCUT2D eigenvalue weighted by molar-refractivity contribution is 0.793. The quantitative estimate of drug-likeness (QED) is 0.937. The van der Waals surface area contributed by atoms with E-state index in [1.54, 1.807) is 0 Å². The van der Waals surface area contributed by atoms with Crippen LogP contribution in [0.25, 0.3) is 0 Å². The van der Waals surface area contributed by atoms with Gasteiger partial charge in [-0.25, -0.2) is 9.97 Å². The van der Waals surface area contributed by atoms with Crippen molar-refractivity contribution in [3.05, 3.63) is 47.4 Å². The molecule has 0 bridgehead atoms. The van der Waals surface area contributed by atoms with Gasteiger partial charge in [0.25, 0.3) is 0 Å². The number of anilines is 2. The molecule has 5 nitrogen and oxygen atoms in total. The number of hydrogen-bond donors (Lipinski definition) is 1. The summed E-state index contributed by atoms with van der Waals surface area (Å²) in [6.45, 7) is 3.91. The van der Waals surface area contributed by atoms with E-state index in [0.717, 1.165) is 42.4 Å². The van der Waals surface area contributed by atoms with Crippen molar-refractivity contribution in [2.75, 3.05) is 23.3 Å². The second-order valence-corrected chi connectivity index (χ2v) is 6.78. The van der Waals surface area contributed by atoms with Crippen molar-refractivity contribution in [2.24, 2.45) is 0 Å². The van der Waals surface area contributed by atoms with Crippen LogP contribution in [0, 0.1) is 18.3 Å². The van der Waals surface area contributed by atoms with Crippen LogP contribution in [0.15, 0.2) is 30.5 Å². The third kappa shape index (κ3) is 3.05. The fraction of sp³-hybridized carbons (Fsp3) is 0.421. The molecule has 1 aliphatic heterocycles. The Bertz CT molecular complexity index is 791. The van der Waals surface area contributed by atoms with E-state index >= 15 is 0 Å². The van der Waals surface area contributed by atoms with Gasteiger partial charge in [-0.3, -0.25) is 0 Å². The molecule has 1 aliphatic carbocycles. The maximum Gasteiger partial charge on any atom is 0.133 e. The van der Waals surface area contributed by atoms with E-state index in [0.29, 0.717) is 12.0 Å². The summed E-state index contributed by atoms with van der Waals surface area (Å²) in [6.07, 6.45) is 5.32. The first-order chi connectivity index (χ1) is 11.7. The van der Waals surface area contributed by atoms with Crippen LogP contribution in [-0.2, 0) is 0 Å². The van der Waals surface area contributed by atoms with Gasteiger partial charge in [-0.15, -0.1) is 0 Å². The summed E-state index contributed by atoms with van der Waals surface area (Å²) in [4.78, 5) is 11.3. The van der Waals surface area contributed by atoms with Gasteiger partial charge in [-0.1, -0.05) is 6.07 Å². The second kappa shape index (κ2) is 6.12. The van der Waals surface area contributed by atoms with Crippen molar-refractivity contribution in [3.63, 3.8) is 0 Å². The first-order valence-electron chi connectivity index (χ1n) is 8.58. The van der Waals surface area contributed by atoms with Crippen LogP contribution in [0.3, 0.4) is 0 Å². The van der Waals surface area contributed by atoms with E-state index in [1.807, 2.05) is 24.4 Å². The van der Waals surface area contributed by atoms with Gasteiger partial charge in [0.1, 0.15) is 17.7 Å². The summed E-state index contributed by atoms with van der Waals surface area (Å²) >= 11 is 0. The summed E-state index contributed by atoms with van der Waals surface area (Å²) in [7, 11) is 0. The number of hydrogen-bond acceptors (Lipinski definition) is 5. The molecule has 1 N–H and O–H groups in total. The Labute approximate surface area is 142 Å². The SMILES string of the molecule is Cc1ccc(C#N)c(N2CCC(Nc3ccnc(C4CC4)n3)C2)c1. The molecule has 0 amide bonds. The molecule has 1 saturated carbocycles. The fourth-order valence-electron chi connectivity index (χ4n) is 3.30. The molecule has 24 heavy (non-hydrogen) atoms. The Morgan fingerprint density at radius 1 is 1.25 bits per heavy atom. The Balaban J connectivity index is 1.46. The summed E-state index contributed by atoms with van der Waals surface area (Å²) in [6, 6.07) is 10.6. The molecule has 2 heterocycles. The van der Waals surface area contributed by atoms with Gasteiger partial charge < -0.3 is 10.2 Å². The highest BCUT2D eigenvalue weighted by atomic mass is 15.2. The Kier molecular flexibility index (Phi) is 3.81. The monoisotopic (exact) mass is 319 g/mol. The predicted octanol–water partition coefficient (Wildman–Crippen LogP) is 3.22. The van der Waals surface area contributed by atoms with E-state index in [1.165, 1.54) is 18.4 Å². The molecule has 1 aromatic carbocycles. The number of rotatable bonds is 4. The molecule has 0 spiro atoms. The van der Waals surface area contributed by atoms with E-state index < -0.39 is 0 Å². The molecule has 1 aromatic heterocycles. The topological polar surface area (TPSA) is 64.8 Å². The molecule has 122 valence electrons. The van der Waals surface area contributed by atoms with Gasteiger partial charge in [0.05, 0.1) is 11.3 Å². The first kappa shape index (κ1) is 14.9. The zero-order valence-corrected chi connectivity index (χ0v) is 13.9. The average Bonchev–Trinajstić information content (AvgIpc) is 3.35. The standard InChI is InChI=1S/C19H21N5/c1-13-2-3-15(11-20)17(10-13)24-9-7-16(12-24)22-18-6-8-21-19(23-18)14-4-5-14/h2-3,6,8,10,14,16H,4-5,7,9,12H2,1H3,(H,21,22,23). The number of benzene rings is 1. The zero-order valence-electron chi connectivity index (χ0n) is 13.9. The summed E-state index contributed by atoms with van der Waals surface area (Å²) < 4.78 is 0. The number of nitriles is 1. The molecule has 1 atom stereocenters. The van der Waals surface area contributed by atoms with Crippen molar-refractivity contribution in [1.29, 1.82) is 5.26 Å². The lowest BCUT2D eigenvalue weighted by Crippen LogP contribution is -2.27. The van der Waals surface area contributed by atoms with Gasteiger partial charge in [-0.05, 0) is 49.9 Å². The number of aromatic nitrogens is 2. The van der Waals surface area contributed by atoms with E-state index in [4.69, 9.17) is 0 Å². The van der Waals surface area contributed by atoms with Crippen molar-refractivity contribution < 1.29 is 0 Å². The number of nitrogens with zero attached hydrogens (tertiary/aromatic N) is 4. The van der Waals surface area contributed by atoms with Crippen LogP contribution in [0.4, 0.5) is 11.5 Å². The van der Waals surface area contributed by atoms with Crippen molar-refractivity contribution in [2.45, 2.75) is 38.1 Å². The molecule has 2 fully saturated rings. The van der Waals surface area contributed by atoms with E-state index in [-0.39, 0.29) is 0 Å². The van der Waals surface area contributed by atoms with Crippen LogP contribution in [0.2, 0.25) is 0 Å². The summed E-state index contributed by atoms with van der Waals surface area (Å²) in [5.74, 6) is 2.46. The molecule has 0 radical (unpaired) electrons. The highest BCUT2D eigenvalue weighted by Crippen LogP contribution is 2.38. The van der Waals surface area contributed by atoms with Crippen molar-refractivity contribution in [3.8, 4) is 6.07 Å². The Morgan fingerprint density at radius 2 is 2.12 bits per heavy atom. The minimum absolute atomic E-state index is 0.346. The van der Waals surface area contributed by atoms with Gasteiger partial charge in [-0.2, -0.15) is 5.26 Å². The predicted molar refractivity (Wildman–Crippen MR) is 94.1 cm³/mol. The fourth-order valence-corrected chi connectivity index (χ4v) is 3.30. The highest BCUT2D eigenvalue weighted by molar-refractivity contribution is 5.61. The normalized spacial score (nSPS) is 20.0. The summed E-state index contributed by atoms with van der Waals surface area (Å²) in [5.41, 5.74) is 2.98. The van der Waals surface area contributed by atoms with Gasteiger partial charge >= 0.3 is 0 Å². The molecule has 5 heteroatoms. The molecule has 1 saturated heterocycles. The number of nitrogens with one attached hydrogen (secondary N) is 1. The first-order valence-corrected chi connectivity index (χ1v) is 8.58. The molecule has 2 aliphatic rings. The lowest BCUT2D eigenvalue weighted by atomic mass is 10.1. The van der Waals surface area contributed by atoms with Crippen LogP contribution >= 0.6 is 0 Å². The van der Waals surface area contributed by atoms with Crippen LogP contribution < -0.4 is 10.2 Å². The van der Waals surface area contributed by atoms with Crippen LogP contribution in [0.5, 0.6) is 0 Å². The van der Waals surface area contributed by atoms with E-state index in [2.05, 4.69) is 39.2 Å². The molecule has 2 aromatic rings. The Hall–Kier alpha value is -2.61. The maximum absolute atomic E-state index is 9.35. The summed E-state index contributed by atoms with van der Waals surface area (Å²) in [5, 5.41) is 12.9. The number of aryl methyl sites for hydroxylation is 1. The van der Waals surface area contributed by atoms with E-state index in [9.17, 15) is 5.26 Å². The van der Waals surface area contributed by atoms with Crippen LogP contribution in [0.1, 0.15) is 42.1 Å². The largest absolute Gasteiger partial charge is 0.368 e. The molecule has 4 rings (SSSR count). The Morgan fingerprint density at radius 3 is 2.92 bits per heavy atom. The van der Waals surface area contributed by atoms with Gasteiger partial charge in [0.15, 0.2) is 0 Å². The minimum atomic E-state index is 0.346. The highest BCUT2D eigenvalue weighted by Gasteiger charge is 2.28. The molecule has 1 unspecified atom stereocenters. The lowest BCUT2D eigenvalue weighted by Gasteiger charge is -2.21. The minimum Gasteiger partial charge on any atom is -0.368 e. The van der Waals surface area contributed by atoms with Gasteiger partial charge in [0, 0.05) is 31.2 Å².